The van der Waals surface area contributed by atoms with Crippen LogP contribution in [0.4, 0.5) is 5.82 Å². The van der Waals surface area contributed by atoms with Gasteiger partial charge in [-0.1, -0.05) is 24.9 Å². The van der Waals surface area contributed by atoms with E-state index in [1.165, 1.54) is 28.7 Å². The number of carbonyl (C=O) groups excluding carboxylic acids is 1. The Balaban J connectivity index is 1.30. The van der Waals surface area contributed by atoms with Crippen LogP contribution in [0.3, 0.4) is 0 Å². The second kappa shape index (κ2) is 10.5. The number of anilines is 1. The van der Waals surface area contributed by atoms with Gasteiger partial charge in [-0.15, -0.1) is 11.3 Å². The summed E-state index contributed by atoms with van der Waals surface area (Å²) in [5.74, 6) is 2.71. The smallest absolute Gasteiger partial charge is 0.260 e. The minimum atomic E-state index is 0.0129. The van der Waals surface area contributed by atoms with Crippen molar-refractivity contribution in [1.29, 1.82) is 0 Å². The number of aryl methyl sites for hydroxylation is 3. The Morgan fingerprint density at radius 1 is 1.09 bits per heavy atom. The number of hydrogen-bond acceptors (Lipinski definition) is 6. The van der Waals surface area contributed by atoms with Crippen LogP contribution in [0.2, 0.25) is 5.02 Å². The van der Waals surface area contributed by atoms with E-state index in [4.69, 9.17) is 26.3 Å². The molecule has 0 unspecified atom stereocenters. The molecular formula is C26H31ClN4O2S. The van der Waals surface area contributed by atoms with Gasteiger partial charge in [0.25, 0.3) is 5.91 Å². The van der Waals surface area contributed by atoms with E-state index < -0.39 is 0 Å². The lowest BCUT2D eigenvalue weighted by molar-refractivity contribution is -0.133. The minimum absolute atomic E-state index is 0.0129. The lowest BCUT2D eigenvalue weighted by Crippen LogP contribution is -2.50. The molecular weight excluding hydrogens is 468 g/mol. The van der Waals surface area contributed by atoms with Gasteiger partial charge in [-0.05, 0) is 61.9 Å². The van der Waals surface area contributed by atoms with Gasteiger partial charge in [-0.25, -0.2) is 9.97 Å². The fourth-order valence-corrected chi connectivity index (χ4v) is 6.19. The molecule has 0 atom stereocenters. The number of halogens is 1. The first kappa shape index (κ1) is 23.4. The Kier molecular flexibility index (Phi) is 7.21. The number of rotatable bonds is 7. The van der Waals surface area contributed by atoms with Gasteiger partial charge < -0.3 is 14.5 Å². The van der Waals surface area contributed by atoms with Crippen LogP contribution >= 0.6 is 22.9 Å². The van der Waals surface area contributed by atoms with E-state index in [1.54, 1.807) is 24.3 Å². The summed E-state index contributed by atoms with van der Waals surface area (Å²) in [5, 5.41) is 1.92. The van der Waals surface area contributed by atoms with Crippen LogP contribution in [0.15, 0.2) is 24.3 Å². The predicted octanol–water partition coefficient (Wildman–Crippen LogP) is 5.29. The Morgan fingerprint density at radius 2 is 1.85 bits per heavy atom. The van der Waals surface area contributed by atoms with Crippen LogP contribution in [-0.4, -0.2) is 53.6 Å². The monoisotopic (exact) mass is 498 g/mol. The normalized spacial score (nSPS) is 16.1. The standard InChI is InChI=1S/C26H31ClN4O2S/c1-2-3-8-22-28-25(24-20-6-4-5-7-21(20)34-26(24)29-22)31-15-13-30(14-16-31)23(32)17-33-19-11-9-18(27)10-12-19/h9-12H,2-8,13-17H2,1H3. The lowest BCUT2D eigenvalue weighted by atomic mass is 9.97. The number of amides is 1. The van der Waals surface area contributed by atoms with Crippen LogP contribution < -0.4 is 9.64 Å². The largest absolute Gasteiger partial charge is 0.484 e. The Morgan fingerprint density at radius 3 is 2.62 bits per heavy atom. The highest BCUT2D eigenvalue weighted by Gasteiger charge is 2.27. The molecule has 5 rings (SSSR count). The SMILES string of the molecule is CCCCc1nc(N2CCN(C(=O)COc3ccc(Cl)cc3)CC2)c2c3c(sc2n1)CCCC3. The van der Waals surface area contributed by atoms with Crippen molar-refractivity contribution in [3.63, 3.8) is 0 Å². The summed E-state index contributed by atoms with van der Waals surface area (Å²) in [6.45, 7) is 5.14. The van der Waals surface area contributed by atoms with E-state index in [9.17, 15) is 4.79 Å². The zero-order chi connectivity index (χ0) is 23.5. The summed E-state index contributed by atoms with van der Waals surface area (Å²) in [6, 6.07) is 7.10. The van der Waals surface area contributed by atoms with E-state index in [1.807, 2.05) is 16.2 Å². The van der Waals surface area contributed by atoms with Gasteiger partial charge in [0, 0.05) is 42.5 Å². The number of carbonyl (C=O) groups is 1. The number of ether oxygens (including phenoxy) is 1. The van der Waals surface area contributed by atoms with Crippen LogP contribution in [0.5, 0.6) is 5.75 Å². The molecule has 1 saturated heterocycles. The van der Waals surface area contributed by atoms with Gasteiger partial charge in [0.15, 0.2) is 6.61 Å². The first-order valence-corrected chi connectivity index (χ1v) is 13.5. The molecule has 6 nitrogen and oxygen atoms in total. The first-order valence-electron chi connectivity index (χ1n) is 12.3. The van der Waals surface area contributed by atoms with E-state index >= 15 is 0 Å². The Bertz CT molecular complexity index is 1160. The maximum absolute atomic E-state index is 12.7. The van der Waals surface area contributed by atoms with E-state index in [0.717, 1.165) is 61.7 Å². The van der Waals surface area contributed by atoms with Crippen molar-refractivity contribution in [3.05, 3.63) is 45.6 Å². The third-order valence-corrected chi connectivity index (χ3v) is 8.14. The third kappa shape index (κ3) is 5.01. The summed E-state index contributed by atoms with van der Waals surface area (Å²) in [6.07, 6.45) is 7.96. The predicted molar refractivity (Wildman–Crippen MR) is 138 cm³/mol. The van der Waals surface area contributed by atoms with Gasteiger partial charge in [-0.3, -0.25) is 4.79 Å². The summed E-state index contributed by atoms with van der Waals surface area (Å²) in [5.41, 5.74) is 1.47. The van der Waals surface area contributed by atoms with Crippen molar-refractivity contribution in [1.82, 2.24) is 14.9 Å². The second-order valence-corrected chi connectivity index (χ2v) is 10.6. The number of nitrogens with zero attached hydrogens (tertiary/aromatic N) is 4. The van der Waals surface area contributed by atoms with Gasteiger partial charge in [0.2, 0.25) is 0 Å². The molecule has 0 saturated carbocycles. The topological polar surface area (TPSA) is 58.6 Å². The fourth-order valence-electron chi connectivity index (χ4n) is 4.79. The lowest BCUT2D eigenvalue weighted by Gasteiger charge is -2.36. The van der Waals surface area contributed by atoms with Crippen LogP contribution in [0.25, 0.3) is 10.2 Å². The summed E-state index contributed by atoms with van der Waals surface area (Å²) < 4.78 is 5.67. The second-order valence-electron chi connectivity index (χ2n) is 9.07. The quantitative estimate of drug-likeness (QED) is 0.442. The molecule has 1 aliphatic carbocycles. The molecule has 0 N–H and O–H groups in total. The van der Waals surface area contributed by atoms with Crippen molar-refractivity contribution >= 4 is 44.9 Å². The van der Waals surface area contributed by atoms with E-state index in [-0.39, 0.29) is 12.5 Å². The average molecular weight is 499 g/mol. The number of hydrogen-bond donors (Lipinski definition) is 0. The molecule has 3 aromatic rings. The molecule has 0 radical (unpaired) electrons. The van der Waals surface area contributed by atoms with Gasteiger partial charge >= 0.3 is 0 Å². The highest BCUT2D eigenvalue weighted by Crippen LogP contribution is 2.40. The number of thiophene rings is 1. The zero-order valence-electron chi connectivity index (χ0n) is 19.7. The van der Waals surface area contributed by atoms with Crippen molar-refractivity contribution in [2.45, 2.75) is 51.9 Å². The van der Waals surface area contributed by atoms with Gasteiger partial charge in [0.1, 0.15) is 22.2 Å². The van der Waals surface area contributed by atoms with Crippen LogP contribution in [0.1, 0.15) is 48.9 Å². The third-order valence-electron chi connectivity index (χ3n) is 6.70. The number of unbranched alkanes of at least 4 members (excludes halogenated alkanes) is 1. The minimum Gasteiger partial charge on any atom is -0.484 e. The molecule has 3 heterocycles. The molecule has 1 aromatic carbocycles. The molecule has 180 valence electrons. The molecule has 2 aliphatic rings. The number of piperazine rings is 1. The van der Waals surface area contributed by atoms with Crippen molar-refractivity contribution in [2.75, 3.05) is 37.7 Å². The molecule has 34 heavy (non-hydrogen) atoms. The zero-order valence-corrected chi connectivity index (χ0v) is 21.3. The van der Waals surface area contributed by atoms with E-state index in [2.05, 4.69) is 11.8 Å². The Hall–Kier alpha value is -2.38. The molecule has 8 heteroatoms. The molecule has 1 amide bonds. The summed E-state index contributed by atoms with van der Waals surface area (Å²) in [4.78, 5) is 29.7. The van der Waals surface area contributed by atoms with Gasteiger partial charge in [-0.2, -0.15) is 0 Å². The van der Waals surface area contributed by atoms with Crippen LogP contribution in [0, 0.1) is 0 Å². The van der Waals surface area contributed by atoms with E-state index in [0.29, 0.717) is 23.9 Å². The van der Waals surface area contributed by atoms with Crippen LogP contribution in [-0.2, 0) is 24.1 Å². The summed E-state index contributed by atoms with van der Waals surface area (Å²) in [7, 11) is 0. The number of benzene rings is 1. The fraction of sp³-hybridized carbons (Fsp3) is 0.500. The maximum atomic E-state index is 12.7. The molecule has 1 fully saturated rings. The average Bonchev–Trinajstić information content (AvgIpc) is 3.25. The van der Waals surface area contributed by atoms with Crippen molar-refractivity contribution < 1.29 is 9.53 Å². The molecule has 2 aromatic heterocycles. The molecule has 0 spiro atoms. The number of fused-ring (bicyclic) bond motifs is 3. The van der Waals surface area contributed by atoms with Gasteiger partial charge in [0.05, 0.1) is 5.39 Å². The molecule has 0 bridgehead atoms. The first-order chi connectivity index (χ1) is 16.6. The highest BCUT2D eigenvalue weighted by molar-refractivity contribution is 7.19. The molecule has 1 aliphatic heterocycles. The van der Waals surface area contributed by atoms with Crippen molar-refractivity contribution in [3.8, 4) is 5.75 Å². The highest BCUT2D eigenvalue weighted by atomic mass is 35.5. The Labute approximate surface area is 209 Å². The van der Waals surface area contributed by atoms with Crippen molar-refractivity contribution in [2.24, 2.45) is 0 Å². The maximum Gasteiger partial charge on any atom is 0.260 e. The number of aromatic nitrogens is 2. The summed E-state index contributed by atoms with van der Waals surface area (Å²) >= 11 is 7.79.